The van der Waals surface area contributed by atoms with E-state index in [-0.39, 0.29) is 23.0 Å². The standard InChI is InChI=1S/C28H47NO3/c1-17(2)7-6-8-18(3)25-24(32-26(29)31)16-23-21-10-9-19-15-20(30)11-13-27(19,4)22(21)12-14-28(23,25)5/h9,17-18,20-25,30H,6-8,10-16H2,1-5H3,(H2,29,31)/t18-,20+,21-,22+,23+,24?,25+,27+,28+/m1/s1. The molecule has 0 aromatic rings. The number of nitrogens with two attached hydrogens (primary N) is 1. The van der Waals surface area contributed by atoms with Gasteiger partial charge in [-0.1, -0.05) is 65.5 Å². The molecule has 3 fully saturated rings. The number of carbonyl (C=O) groups is 1. The largest absolute Gasteiger partial charge is 0.446 e. The van der Waals surface area contributed by atoms with Crippen molar-refractivity contribution in [3.8, 4) is 0 Å². The fourth-order valence-corrected chi connectivity index (χ4v) is 8.98. The summed E-state index contributed by atoms with van der Waals surface area (Å²) in [6.45, 7) is 12.0. The van der Waals surface area contributed by atoms with E-state index in [0.717, 1.165) is 38.0 Å². The molecule has 0 bridgehead atoms. The van der Waals surface area contributed by atoms with Gasteiger partial charge in [0.1, 0.15) is 6.10 Å². The van der Waals surface area contributed by atoms with Gasteiger partial charge in [-0.15, -0.1) is 0 Å². The first-order chi connectivity index (χ1) is 15.1. The minimum absolute atomic E-state index is 0.0401. The van der Waals surface area contributed by atoms with E-state index in [0.29, 0.717) is 29.6 Å². The lowest BCUT2D eigenvalue weighted by atomic mass is 9.47. The van der Waals surface area contributed by atoms with Crippen LogP contribution in [0.1, 0.15) is 98.8 Å². The van der Waals surface area contributed by atoms with Crippen LogP contribution in [0.3, 0.4) is 0 Å². The molecule has 1 amide bonds. The molecule has 1 unspecified atom stereocenters. The van der Waals surface area contributed by atoms with E-state index in [9.17, 15) is 9.90 Å². The molecular weight excluding hydrogens is 398 g/mol. The lowest BCUT2D eigenvalue weighted by molar-refractivity contribution is -0.0623. The minimum atomic E-state index is -0.604. The van der Waals surface area contributed by atoms with Gasteiger partial charge in [-0.05, 0) is 85.4 Å². The van der Waals surface area contributed by atoms with Crippen LogP contribution < -0.4 is 5.73 Å². The van der Waals surface area contributed by atoms with Gasteiger partial charge in [-0.3, -0.25) is 0 Å². The van der Waals surface area contributed by atoms with Crippen molar-refractivity contribution in [1.82, 2.24) is 0 Å². The molecule has 4 heteroatoms. The number of amides is 1. The molecule has 0 aromatic carbocycles. The van der Waals surface area contributed by atoms with Crippen LogP contribution in [0.5, 0.6) is 0 Å². The van der Waals surface area contributed by atoms with Gasteiger partial charge in [0, 0.05) is 5.92 Å². The second-order valence-corrected chi connectivity index (χ2v) is 12.7. The second-order valence-electron chi connectivity index (χ2n) is 12.7. The molecule has 4 rings (SSSR count). The Hall–Kier alpha value is -1.03. The molecule has 0 saturated heterocycles. The van der Waals surface area contributed by atoms with Crippen LogP contribution in [0.25, 0.3) is 0 Å². The summed E-state index contributed by atoms with van der Waals surface area (Å²) >= 11 is 0. The number of carbonyl (C=O) groups excluding carboxylic acids is 1. The molecule has 9 atom stereocenters. The number of fused-ring (bicyclic) bond motifs is 5. The highest BCUT2D eigenvalue weighted by Gasteiger charge is 2.62. The number of allylic oxidation sites excluding steroid dienone is 1. The van der Waals surface area contributed by atoms with Crippen molar-refractivity contribution in [2.24, 2.45) is 52.1 Å². The molecule has 4 aliphatic rings. The van der Waals surface area contributed by atoms with E-state index in [1.54, 1.807) is 0 Å². The van der Waals surface area contributed by atoms with Gasteiger partial charge in [0.05, 0.1) is 6.10 Å². The van der Waals surface area contributed by atoms with Crippen LogP contribution >= 0.6 is 0 Å². The summed E-state index contributed by atoms with van der Waals surface area (Å²) in [5.74, 6) is 3.62. The van der Waals surface area contributed by atoms with Crippen molar-refractivity contribution in [2.75, 3.05) is 0 Å². The monoisotopic (exact) mass is 445 g/mol. The number of hydrogen-bond acceptors (Lipinski definition) is 3. The van der Waals surface area contributed by atoms with E-state index < -0.39 is 6.09 Å². The third-order valence-electron chi connectivity index (χ3n) is 10.5. The molecule has 4 aliphatic carbocycles. The van der Waals surface area contributed by atoms with E-state index in [1.807, 2.05) is 0 Å². The first-order valence-electron chi connectivity index (χ1n) is 13.4. The molecule has 0 radical (unpaired) electrons. The summed E-state index contributed by atoms with van der Waals surface area (Å²) in [5.41, 5.74) is 7.54. The Morgan fingerprint density at radius 1 is 1.19 bits per heavy atom. The average molecular weight is 446 g/mol. The van der Waals surface area contributed by atoms with Crippen LogP contribution in [0, 0.1) is 46.3 Å². The maximum Gasteiger partial charge on any atom is 0.404 e. The Morgan fingerprint density at radius 3 is 2.62 bits per heavy atom. The topological polar surface area (TPSA) is 72.5 Å². The third-order valence-corrected chi connectivity index (χ3v) is 10.5. The maximum atomic E-state index is 11.9. The third kappa shape index (κ3) is 4.14. The second kappa shape index (κ2) is 8.96. The predicted molar refractivity (Wildman–Crippen MR) is 129 cm³/mol. The number of hydrogen-bond donors (Lipinski definition) is 2. The SMILES string of the molecule is CC(C)CCC[C@@H](C)[C@H]1C(OC(N)=O)C[C@H]2[C@@H]3CC=C4C[C@@H](O)CC[C@]4(C)[C@H]3CC[C@]12C. The van der Waals surface area contributed by atoms with E-state index >= 15 is 0 Å². The van der Waals surface area contributed by atoms with Crippen molar-refractivity contribution >= 4 is 6.09 Å². The quantitative estimate of drug-likeness (QED) is 0.461. The predicted octanol–water partition coefficient (Wildman–Crippen LogP) is 6.46. The molecular formula is C28H47NO3. The summed E-state index contributed by atoms with van der Waals surface area (Å²) < 4.78 is 5.85. The van der Waals surface area contributed by atoms with Gasteiger partial charge in [-0.25, -0.2) is 4.79 Å². The molecule has 0 aromatic heterocycles. The van der Waals surface area contributed by atoms with Crippen LogP contribution in [0.15, 0.2) is 11.6 Å². The highest BCUT2D eigenvalue weighted by Crippen LogP contribution is 2.67. The van der Waals surface area contributed by atoms with Crippen molar-refractivity contribution < 1.29 is 14.6 Å². The first kappa shape index (κ1) is 24.1. The summed E-state index contributed by atoms with van der Waals surface area (Å²) in [4.78, 5) is 11.9. The highest BCUT2D eigenvalue weighted by molar-refractivity contribution is 5.64. The van der Waals surface area contributed by atoms with E-state index in [1.165, 1.54) is 37.7 Å². The van der Waals surface area contributed by atoms with Crippen LogP contribution in [0.4, 0.5) is 4.79 Å². The van der Waals surface area contributed by atoms with Crippen molar-refractivity contribution in [2.45, 2.75) is 111 Å². The lowest BCUT2D eigenvalue weighted by Crippen LogP contribution is -2.51. The van der Waals surface area contributed by atoms with Crippen molar-refractivity contribution in [1.29, 1.82) is 0 Å². The molecule has 0 aliphatic heterocycles. The summed E-state index contributed by atoms with van der Waals surface area (Å²) in [7, 11) is 0. The molecule has 0 heterocycles. The van der Waals surface area contributed by atoms with Crippen molar-refractivity contribution in [3.63, 3.8) is 0 Å². The van der Waals surface area contributed by atoms with Gasteiger partial charge >= 0.3 is 6.09 Å². The average Bonchev–Trinajstić information content (AvgIpc) is 2.99. The fraction of sp³-hybridized carbons (Fsp3) is 0.893. The zero-order valence-electron chi connectivity index (χ0n) is 21.1. The van der Waals surface area contributed by atoms with Crippen molar-refractivity contribution in [3.05, 3.63) is 11.6 Å². The highest BCUT2D eigenvalue weighted by atomic mass is 16.6. The molecule has 4 nitrogen and oxygen atoms in total. The first-order valence-corrected chi connectivity index (χ1v) is 13.4. The molecule has 3 N–H and O–H groups in total. The number of ether oxygens (including phenoxy) is 1. The Labute approximate surface area is 195 Å². The minimum Gasteiger partial charge on any atom is -0.446 e. The molecule has 0 spiro atoms. The Kier molecular flexibility index (Phi) is 6.75. The lowest BCUT2D eigenvalue weighted by Gasteiger charge is -2.58. The van der Waals surface area contributed by atoms with E-state index in [2.05, 4.69) is 40.7 Å². The number of aliphatic hydroxyl groups excluding tert-OH is 1. The van der Waals surface area contributed by atoms with Gasteiger partial charge < -0.3 is 15.6 Å². The zero-order valence-corrected chi connectivity index (χ0v) is 21.1. The summed E-state index contributed by atoms with van der Waals surface area (Å²) in [6.07, 6.45) is 12.9. The van der Waals surface area contributed by atoms with Crippen LogP contribution in [-0.2, 0) is 4.74 Å². The Morgan fingerprint density at radius 2 is 1.94 bits per heavy atom. The Bertz CT molecular complexity index is 732. The molecule has 32 heavy (non-hydrogen) atoms. The fourth-order valence-electron chi connectivity index (χ4n) is 8.98. The zero-order chi connectivity index (χ0) is 23.3. The van der Waals surface area contributed by atoms with E-state index in [4.69, 9.17) is 10.5 Å². The van der Waals surface area contributed by atoms with Gasteiger partial charge in [-0.2, -0.15) is 0 Å². The maximum absolute atomic E-state index is 11.9. The van der Waals surface area contributed by atoms with Gasteiger partial charge in [0.25, 0.3) is 0 Å². The normalized spacial score (nSPS) is 44.3. The summed E-state index contributed by atoms with van der Waals surface area (Å²) in [5, 5.41) is 10.3. The molecule has 3 saturated carbocycles. The van der Waals surface area contributed by atoms with Gasteiger partial charge in [0.15, 0.2) is 0 Å². The number of aliphatic hydroxyl groups is 1. The van der Waals surface area contributed by atoms with Gasteiger partial charge in [0.2, 0.25) is 0 Å². The smallest absolute Gasteiger partial charge is 0.404 e. The number of primary amides is 1. The Balaban J connectivity index is 1.59. The van der Waals surface area contributed by atoms with Crippen LogP contribution in [-0.4, -0.2) is 23.4 Å². The molecule has 182 valence electrons. The van der Waals surface area contributed by atoms with Crippen LogP contribution in [0.2, 0.25) is 0 Å². The summed E-state index contributed by atoms with van der Waals surface area (Å²) in [6, 6.07) is 0. The number of rotatable bonds is 6.